The van der Waals surface area contributed by atoms with E-state index in [9.17, 15) is 18.8 Å². The van der Waals surface area contributed by atoms with Gasteiger partial charge < -0.3 is 14.8 Å². The van der Waals surface area contributed by atoms with Gasteiger partial charge in [0.05, 0.1) is 12.0 Å². The maximum absolute atomic E-state index is 13.4. The van der Waals surface area contributed by atoms with Crippen LogP contribution >= 0.6 is 11.8 Å². The fraction of sp³-hybridized carbons (Fsp3) is 0.115. The van der Waals surface area contributed by atoms with Gasteiger partial charge in [0, 0.05) is 11.3 Å². The lowest BCUT2D eigenvalue weighted by atomic mass is 10.1. The van der Waals surface area contributed by atoms with Gasteiger partial charge in [-0.25, -0.2) is 4.39 Å². The zero-order chi connectivity index (χ0) is 24.8. The van der Waals surface area contributed by atoms with Crippen LogP contribution in [0.1, 0.15) is 11.1 Å². The third kappa shape index (κ3) is 6.07. The molecular formula is C26H21FN2O5S. The number of hydrogen-bond donors (Lipinski definition) is 1. The average Bonchev–Trinajstić information content (AvgIpc) is 3.11. The van der Waals surface area contributed by atoms with E-state index in [0.717, 1.165) is 16.7 Å². The minimum Gasteiger partial charge on any atom is -0.497 e. The number of rotatable bonds is 8. The van der Waals surface area contributed by atoms with Gasteiger partial charge in [-0.15, -0.1) is 0 Å². The van der Waals surface area contributed by atoms with Crippen molar-refractivity contribution in [1.29, 1.82) is 0 Å². The normalized spacial score (nSPS) is 14.3. The number of carbonyl (C=O) groups excluding carboxylic acids is 3. The van der Waals surface area contributed by atoms with E-state index in [4.69, 9.17) is 9.47 Å². The average molecular weight is 493 g/mol. The van der Waals surface area contributed by atoms with Crippen molar-refractivity contribution >= 4 is 40.6 Å². The van der Waals surface area contributed by atoms with Crippen LogP contribution in [0.2, 0.25) is 0 Å². The number of carbonyl (C=O) groups is 3. The second-order valence-corrected chi connectivity index (χ2v) is 8.49. The Bertz CT molecular complexity index is 1290. The summed E-state index contributed by atoms with van der Waals surface area (Å²) in [6, 6.07) is 19.8. The fourth-order valence-electron chi connectivity index (χ4n) is 3.32. The topological polar surface area (TPSA) is 84.9 Å². The van der Waals surface area contributed by atoms with E-state index in [0.29, 0.717) is 28.3 Å². The third-order valence-corrected chi connectivity index (χ3v) is 5.95. The SMILES string of the molecule is COc1ccc(NC(=O)CN2C(=O)S/C(=C/c3ccccc3OCc3cccc(F)c3)C2=O)cc1. The molecule has 0 spiro atoms. The van der Waals surface area contributed by atoms with Crippen molar-refractivity contribution in [3.05, 3.63) is 94.6 Å². The molecule has 7 nitrogen and oxygen atoms in total. The second-order valence-electron chi connectivity index (χ2n) is 7.50. The predicted molar refractivity (Wildman–Crippen MR) is 131 cm³/mol. The number of methoxy groups -OCH3 is 1. The summed E-state index contributed by atoms with van der Waals surface area (Å²) in [4.78, 5) is 38.8. The molecule has 0 saturated carbocycles. The molecule has 35 heavy (non-hydrogen) atoms. The molecule has 0 unspecified atom stereocenters. The van der Waals surface area contributed by atoms with Crippen LogP contribution in [0, 0.1) is 5.82 Å². The summed E-state index contributed by atoms with van der Waals surface area (Å²) in [5.74, 6) is -0.313. The van der Waals surface area contributed by atoms with Gasteiger partial charge in [-0.3, -0.25) is 19.3 Å². The van der Waals surface area contributed by atoms with Crippen molar-refractivity contribution in [1.82, 2.24) is 4.90 Å². The van der Waals surface area contributed by atoms with Gasteiger partial charge >= 0.3 is 0 Å². The van der Waals surface area contributed by atoms with Crippen LogP contribution in [-0.4, -0.2) is 35.6 Å². The van der Waals surface area contributed by atoms with E-state index < -0.39 is 23.6 Å². The molecule has 9 heteroatoms. The number of benzene rings is 3. The van der Waals surface area contributed by atoms with Crippen LogP contribution in [0.25, 0.3) is 6.08 Å². The number of halogens is 1. The van der Waals surface area contributed by atoms with Crippen molar-refractivity contribution < 1.29 is 28.2 Å². The Kier molecular flexibility index (Phi) is 7.47. The molecule has 0 aromatic heterocycles. The Hall–Kier alpha value is -4.11. The molecule has 1 aliphatic rings. The Morgan fingerprint density at radius 3 is 2.57 bits per heavy atom. The van der Waals surface area contributed by atoms with E-state index in [1.165, 1.54) is 19.2 Å². The van der Waals surface area contributed by atoms with Gasteiger partial charge in [0.1, 0.15) is 30.5 Å². The van der Waals surface area contributed by atoms with Gasteiger partial charge in [-0.1, -0.05) is 30.3 Å². The summed E-state index contributed by atoms with van der Waals surface area (Å²) < 4.78 is 24.3. The first-order chi connectivity index (χ1) is 16.9. The highest BCUT2D eigenvalue weighted by Crippen LogP contribution is 2.34. The van der Waals surface area contributed by atoms with Crippen LogP contribution in [0.5, 0.6) is 11.5 Å². The van der Waals surface area contributed by atoms with E-state index in [1.54, 1.807) is 66.7 Å². The van der Waals surface area contributed by atoms with Gasteiger partial charge in [-0.05, 0) is 65.9 Å². The molecule has 1 aliphatic heterocycles. The maximum atomic E-state index is 13.4. The first-order valence-corrected chi connectivity index (χ1v) is 11.4. The molecule has 4 rings (SSSR count). The van der Waals surface area contributed by atoms with E-state index >= 15 is 0 Å². The zero-order valence-electron chi connectivity index (χ0n) is 18.7. The zero-order valence-corrected chi connectivity index (χ0v) is 19.5. The number of amides is 3. The monoisotopic (exact) mass is 492 g/mol. The van der Waals surface area contributed by atoms with Crippen LogP contribution in [0.15, 0.2) is 77.7 Å². The first-order valence-electron chi connectivity index (χ1n) is 10.6. The minimum atomic E-state index is -0.565. The highest BCUT2D eigenvalue weighted by Gasteiger charge is 2.36. The Labute approximate surface area is 205 Å². The molecule has 1 fully saturated rings. The van der Waals surface area contributed by atoms with E-state index in [2.05, 4.69) is 5.32 Å². The summed E-state index contributed by atoms with van der Waals surface area (Å²) in [6.45, 7) is -0.276. The Morgan fingerprint density at radius 2 is 1.83 bits per heavy atom. The maximum Gasteiger partial charge on any atom is 0.294 e. The lowest BCUT2D eigenvalue weighted by Gasteiger charge is -2.13. The molecule has 0 atom stereocenters. The number of thioether (sulfide) groups is 1. The molecule has 1 heterocycles. The predicted octanol–water partition coefficient (Wildman–Crippen LogP) is 5.09. The number of para-hydroxylation sites is 1. The van der Waals surface area contributed by atoms with Crippen LogP contribution in [-0.2, 0) is 16.2 Å². The van der Waals surface area contributed by atoms with Crippen molar-refractivity contribution in [2.75, 3.05) is 19.0 Å². The van der Waals surface area contributed by atoms with Gasteiger partial charge in [0.25, 0.3) is 11.1 Å². The molecule has 0 bridgehead atoms. The lowest BCUT2D eigenvalue weighted by molar-refractivity contribution is -0.127. The fourth-order valence-corrected chi connectivity index (χ4v) is 4.14. The number of nitrogens with zero attached hydrogens (tertiary/aromatic N) is 1. The van der Waals surface area contributed by atoms with Crippen LogP contribution in [0.3, 0.4) is 0 Å². The molecule has 3 aromatic rings. The van der Waals surface area contributed by atoms with Crippen molar-refractivity contribution in [2.45, 2.75) is 6.61 Å². The van der Waals surface area contributed by atoms with Gasteiger partial charge in [0.2, 0.25) is 5.91 Å². The third-order valence-electron chi connectivity index (χ3n) is 5.04. The van der Waals surface area contributed by atoms with Crippen LogP contribution < -0.4 is 14.8 Å². The summed E-state index contributed by atoms with van der Waals surface area (Å²) in [6.07, 6.45) is 1.55. The first kappa shape index (κ1) is 24.0. The number of ether oxygens (including phenoxy) is 2. The number of imide groups is 1. The van der Waals surface area contributed by atoms with Crippen molar-refractivity contribution in [2.24, 2.45) is 0 Å². The van der Waals surface area contributed by atoms with Crippen molar-refractivity contribution in [3.8, 4) is 11.5 Å². The standard InChI is InChI=1S/C26H21FN2O5S/c1-33-21-11-9-20(10-12-21)28-24(30)15-29-25(31)23(35-26(29)32)14-18-6-2-3-8-22(18)34-16-17-5-4-7-19(27)13-17/h2-14H,15-16H2,1H3,(H,28,30)/b23-14+. The highest BCUT2D eigenvalue weighted by molar-refractivity contribution is 8.18. The molecule has 0 aliphatic carbocycles. The Morgan fingerprint density at radius 1 is 1.06 bits per heavy atom. The van der Waals surface area contributed by atoms with Gasteiger partial charge in [-0.2, -0.15) is 0 Å². The molecule has 3 amide bonds. The Balaban J connectivity index is 1.43. The summed E-state index contributed by atoms with van der Waals surface area (Å²) in [5.41, 5.74) is 1.75. The summed E-state index contributed by atoms with van der Waals surface area (Å²) in [7, 11) is 1.54. The lowest BCUT2D eigenvalue weighted by Crippen LogP contribution is -2.36. The second kappa shape index (κ2) is 10.9. The van der Waals surface area contributed by atoms with E-state index in [1.807, 2.05) is 0 Å². The molecule has 178 valence electrons. The molecule has 1 saturated heterocycles. The van der Waals surface area contributed by atoms with E-state index in [-0.39, 0.29) is 17.3 Å². The quantitative estimate of drug-likeness (QED) is 0.441. The molecular weight excluding hydrogens is 471 g/mol. The largest absolute Gasteiger partial charge is 0.497 e. The van der Waals surface area contributed by atoms with Gasteiger partial charge in [0.15, 0.2) is 0 Å². The molecule has 1 N–H and O–H groups in total. The molecule has 0 radical (unpaired) electrons. The number of anilines is 1. The summed E-state index contributed by atoms with van der Waals surface area (Å²) in [5, 5.41) is 2.12. The molecule has 3 aromatic carbocycles. The smallest absolute Gasteiger partial charge is 0.294 e. The van der Waals surface area contributed by atoms with Crippen LogP contribution in [0.4, 0.5) is 14.9 Å². The summed E-state index contributed by atoms with van der Waals surface area (Å²) >= 11 is 0.752. The number of hydrogen-bond acceptors (Lipinski definition) is 6. The number of nitrogens with one attached hydrogen (secondary N) is 1. The minimum absolute atomic E-state index is 0.135. The highest BCUT2D eigenvalue weighted by atomic mass is 32.2. The van der Waals surface area contributed by atoms with Crippen molar-refractivity contribution in [3.63, 3.8) is 0 Å².